The van der Waals surface area contributed by atoms with Crippen molar-refractivity contribution in [2.24, 2.45) is 0 Å². The van der Waals surface area contributed by atoms with Gasteiger partial charge in [0.05, 0.1) is 21.7 Å². The van der Waals surface area contributed by atoms with Crippen LogP contribution in [0.25, 0.3) is 22.2 Å². The van der Waals surface area contributed by atoms with Crippen LogP contribution < -0.4 is 4.74 Å². The zero-order valence-electron chi connectivity index (χ0n) is 14.5. The molecule has 0 saturated carbocycles. The lowest BCUT2D eigenvalue weighted by atomic mass is 10.1. The van der Waals surface area contributed by atoms with Gasteiger partial charge in [-0.25, -0.2) is 4.39 Å². The Morgan fingerprint density at radius 3 is 2.75 bits per heavy atom. The first-order valence-corrected chi connectivity index (χ1v) is 11.1. The standard InChI is InChI=1S/C21H14Br2FNO2S/c22-12-1-3-16-11(7-12)8-17-20-15(24)9-13(23)10-18(20)27-21(25(16)17)19-4-2-14(28-19)5-6-26/h1-4,7-10,21,26H,5-6H2. The molecule has 2 aromatic carbocycles. The predicted octanol–water partition coefficient (Wildman–Crippen LogP) is 6.51. The van der Waals surface area contributed by atoms with Crippen molar-refractivity contribution in [2.75, 3.05) is 6.61 Å². The van der Waals surface area contributed by atoms with E-state index in [2.05, 4.69) is 36.4 Å². The van der Waals surface area contributed by atoms with Gasteiger partial charge in [-0.3, -0.25) is 4.57 Å². The molecule has 3 heterocycles. The van der Waals surface area contributed by atoms with Gasteiger partial charge in [-0.05, 0) is 48.5 Å². The van der Waals surface area contributed by atoms with Crippen molar-refractivity contribution in [3.8, 4) is 17.0 Å². The highest BCUT2D eigenvalue weighted by molar-refractivity contribution is 9.10. The summed E-state index contributed by atoms with van der Waals surface area (Å²) in [6.07, 6.45) is 0.215. The first-order valence-electron chi connectivity index (χ1n) is 8.71. The topological polar surface area (TPSA) is 34.4 Å². The maximum atomic E-state index is 14.9. The molecule has 4 aromatic rings. The lowest BCUT2D eigenvalue weighted by Crippen LogP contribution is -2.21. The number of rotatable bonds is 3. The molecule has 7 heteroatoms. The van der Waals surface area contributed by atoms with Crippen LogP contribution in [0.2, 0.25) is 0 Å². The Hall–Kier alpha value is -1.67. The molecule has 28 heavy (non-hydrogen) atoms. The molecule has 1 aliphatic heterocycles. The third-order valence-electron chi connectivity index (χ3n) is 4.83. The van der Waals surface area contributed by atoms with E-state index in [9.17, 15) is 9.50 Å². The summed E-state index contributed by atoms with van der Waals surface area (Å²) >= 11 is 8.49. The molecule has 0 fully saturated rings. The van der Waals surface area contributed by atoms with Gasteiger partial charge in [0.2, 0.25) is 6.23 Å². The minimum Gasteiger partial charge on any atom is -0.464 e. The van der Waals surface area contributed by atoms with E-state index in [0.29, 0.717) is 22.2 Å². The molecule has 0 amide bonds. The number of thiophene rings is 1. The van der Waals surface area contributed by atoms with Gasteiger partial charge in [-0.15, -0.1) is 11.3 Å². The Bertz CT molecular complexity index is 1220. The molecule has 1 N–H and O–H groups in total. The van der Waals surface area contributed by atoms with Gasteiger partial charge in [-0.1, -0.05) is 31.9 Å². The molecular weight excluding hydrogens is 509 g/mol. The SMILES string of the molecule is OCCc1ccc(C2Oc3cc(Br)cc(F)c3-c3cc4cc(Br)ccc4n32)s1. The monoisotopic (exact) mass is 521 g/mol. The van der Waals surface area contributed by atoms with Gasteiger partial charge in [0.25, 0.3) is 0 Å². The number of aliphatic hydroxyl groups is 1. The smallest absolute Gasteiger partial charge is 0.212 e. The molecule has 0 aliphatic carbocycles. The van der Waals surface area contributed by atoms with Crippen LogP contribution >= 0.6 is 43.2 Å². The highest BCUT2D eigenvalue weighted by Crippen LogP contribution is 2.47. The fourth-order valence-electron chi connectivity index (χ4n) is 3.67. The Morgan fingerprint density at radius 1 is 1.07 bits per heavy atom. The van der Waals surface area contributed by atoms with Crippen LogP contribution in [0, 0.1) is 5.82 Å². The van der Waals surface area contributed by atoms with Gasteiger partial charge < -0.3 is 9.84 Å². The van der Waals surface area contributed by atoms with E-state index in [0.717, 1.165) is 30.8 Å². The summed E-state index contributed by atoms with van der Waals surface area (Å²) in [4.78, 5) is 2.10. The van der Waals surface area contributed by atoms with Crippen molar-refractivity contribution >= 4 is 54.1 Å². The van der Waals surface area contributed by atoms with Crippen molar-refractivity contribution in [1.82, 2.24) is 4.57 Å². The maximum Gasteiger partial charge on any atom is 0.212 e. The van der Waals surface area contributed by atoms with Crippen molar-refractivity contribution in [3.63, 3.8) is 0 Å². The van der Waals surface area contributed by atoms with E-state index in [1.165, 1.54) is 6.07 Å². The molecule has 0 spiro atoms. The molecule has 1 aliphatic rings. The number of aromatic nitrogens is 1. The van der Waals surface area contributed by atoms with E-state index >= 15 is 0 Å². The fraction of sp³-hybridized carbons (Fsp3) is 0.143. The zero-order valence-corrected chi connectivity index (χ0v) is 18.4. The molecule has 1 unspecified atom stereocenters. The minimum absolute atomic E-state index is 0.109. The molecule has 3 nitrogen and oxygen atoms in total. The fourth-order valence-corrected chi connectivity index (χ4v) is 5.48. The highest BCUT2D eigenvalue weighted by atomic mass is 79.9. The summed E-state index contributed by atoms with van der Waals surface area (Å²) in [7, 11) is 0. The van der Waals surface area contributed by atoms with E-state index in [4.69, 9.17) is 4.74 Å². The number of nitrogens with zero attached hydrogens (tertiary/aromatic N) is 1. The Labute approximate surface area is 181 Å². The number of aliphatic hydroxyl groups excluding tert-OH is 1. The van der Waals surface area contributed by atoms with Crippen LogP contribution in [0.5, 0.6) is 5.75 Å². The van der Waals surface area contributed by atoms with E-state index in [1.807, 2.05) is 42.5 Å². The predicted molar refractivity (Wildman–Crippen MR) is 117 cm³/mol. The highest BCUT2D eigenvalue weighted by Gasteiger charge is 2.32. The summed E-state index contributed by atoms with van der Waals surface area (Å²) < 4.78 is 24.9. The van der Waals surface area contributed by atoms with Crippen LogP contribution in [0.1, 0.15) is 16.0 Å². The lowest BCUT2D eigenvalue weighted by Gasteiger charge is -2.29. The second-order valence-corrected chi connectivity index (χ2v) is 9.64. The molecule has 142 valence electrons. The maximum absolute atomic E-state index is 14.9. The third kappa shape index (κ3) is 2.92. The van der Waals surface area contributed by atoms with Crippen molar-refractivity contribution in [1.29, 1.82) is 0 Å². The van der Waals surface area contributed by atoms with Crippen molar-refractivity contribution < 1.29 is 14.2 Å². The quantitative estimate of drug-likeness (QED) is 0.333. The third-order valence-corrected chi connectivity index (χ3v) is 6.96. The van der Waals surface area contributed by atoms with Gasteiger partial charge in [-0.2, -0.15) is 0 Å². The molecule has 0 saturated heterocycles. The van der Waals surface area contributed by atoms with E-state index in [-0.39, 0.29) is 12.4 Å². The molecular formula is C21H14Br2FNO2S. The normalized spacial score (nSPS) is 15.4. The van der Waals surface area contributed by atoms with Crippen LogP contribution in [0.4, 0.5) is 4.39 Å². The number of ether oxygens (including phenoxy) is 1. The minimum atomic E-state index is -0.396. The molecule has 0 bridgehead atoms. The molecule has 2 aromatic heterocycles. The van der Waals surface area contributed by atoms with Crippen LogP contribution in [0.15, 0.2) is 57.5 Å². The number of hydrogen-bond acceptors (Lipinski definition) is 3. The first kappa shape index (κ1) is 18.4. The second-order valence-electron chi connectivity index (χ2n) is 6.61. The van der Waals surface area contributed by atoms with Crippen molar-refractivity contribution in [3.05, 3.63) is 73.0 Å². The van der Waals surface area contributed by atoms with Crippen molar-refractivity contribution in [2.45, 2.75) is 12.6 Å². The van der Waals surface area contributed by atoms with Crippen LogP contribution in [-0.4, -0.2) is 16.3 Å². The Morgan fingerprint density at radius 2 is 1.93 bits per heavy atom. The average molecular weight is 523 g/mol. The first-order chi connectivity index (χ1) is 13.5. The van der Waals surface area contributed by atoms with Gasteiger partial charge >= 0.3 is 0 Å². The lowest BCUT2D eigenvalue weighted by molar-refractivity contribution is 0.176. The summed E-state index contributed by atoms with van der Waals surface area (Å²) in [6.45, 7) is 0.109. The summed E-state index contributed by atoms with van der Waals surface area (Å²) in [5.74, 6) is 0.196. The van der Waals surface area contributed by atoms with Crippen LogP contribution in [0.3, 0.4) is 0 Å². The second kappa shape index (κ2) is 6.99. The zero-order chi connectivity index (χ0) is 19.4. The number of halogens is 3. The molecule has 1 atom stereocenters. The Balaban J connectivity index is 1.78. The van der Waals surface area contributed by atoms with Gasteiger partial charge in [0.1, 0.15) is 11.6 Å². The summed E-state index contributed by atoms with van der Waals surface area (Å²) in [6, 6.07) is 15.3. The van der Waals surface area contributed by atoms with E-state index < -0.39 is 6.23 Å². The average Bonchev–Trinajstić information content (AvgIpc) is 3.24. The molecule has 5 rings (SSSR count). The van der Waals surface area contributed by atoms with E-state index in [1.54, 1.807) is 11.3 Å². The number of fused-ring (bicyclic) bond motifs is 5. The summed E-state index contributed by atoms with van der Waals surface area (Å²) in [5.41, 5.74) is 2.24. The van der Waals surface area contributed by atoms with Gasteiger partial charge in [0, 0.05) is 32.2 Å². The number of hydrogen-bond donors (Lipinski definition) is 1. The van der Waals surface area contributed by atoms with Gasteiger partial charge in [0.15, 0.2) is 0 Å². The largest absolute Gasteiger partial charge is 0.464 e. The van der Waals surface area contributed by atoms with Crippen LogP contribution in [-0.2, 0) is 6.42 Å². The number of benzene rings is 2. The Kier molecular flexibility index (Phi) is 4.58. The summed E-state index contributed by atoms with van der Waals surface area (Å²) in [5, 5.41) is 10.3. The molecule has 0 radical (unpaired) electrons.